The van der Waals surface area contributed by atoms with E-state index in [-0.39, 0.29) is 17.3 Å². The molecule has 2 bridgehead atoms. The number of nitrogens with one attached hydrogen (secondary N) is 2. The van der Waals surface area contributed by atoms with Gasteiger partial charge in [-0.1, -0.05) is 0 Å². The van der Waals surface area contributed by atoms with Gasteiger partial charge in [0.1, 0.15) is 5.82 Å². The third kappa shape index (κ3) is 4.14. The van der Waals surface area contributed by atoms with E-state index in [0.29, 0.717) is 35.9 Å². The van der Waals surface area contributed by atoms with Crippen LogP contribution in [0.4, 0.5) is 19.0 Å². The van der Waals surface area contributed by atoms with Gasteiger partial charge in [-0.2, -0.15) is 13.2 Å². The maximum absolute atomic E-state index is 13.2. The second-order valence-corrected chi connectivity index (χ2v) is 10.6. The van der Waals surface area contributed by atoms with Crippen LogP contribution in [-0.4, -0.2) is 64.8 Å². The number of piperazine rings is 1. The number of halogens is 3. The molecule has 2 saturated carbocycles. The summed E-state index contributed by atoms with van der Waals surface area (Å²) in [5.74, 6) is 0.975. The Morgan fingerprint density at radius 3 is 2.42 bits per heavy atom. The first-order valence-electron chi connectivity index (χ1n) is 11.9. The minimum absolute atomic E-state index is 0.0255. The number of hydrogen-bond acceptors (Lipinski definition) is 6. The van der Waals surface area contributed by atoms with Crippen molar-refractivity contribution < 1.29 is 13.2 Å². The maximum atomic E-state index is 13.2. The van der Waals surface area contributed by atoms with Crippen LogP contribution in [0.3, 0.4) is 0 Å². The third-order valence-corrected chi connectivity index (χ3v) is 8.10. The normalized spacial score (nSPS) is 34.2. The standard InChI is InChI=1S/C24H33F3N6/c1-12(2)31-21(8-20(28)13-4-19(24(25,26)27)23(29)30-9-13)22-17-6-14(7-18(17)22)33-11-15-5-16(33)10-32(15)3/h4,8-9,12,14-18,22,28,31H,5-7,10-11H2,1-3H3,(H2,29,30)/b21-8-,28-20?/t14-,15-,16-,17+,18-,22-/m0/s1. The van der Waals surface area contributed by atoms with Crippen LogP contribution in [0.2, 0.25) is 0 Å². The maximum Gasteiger partial charge on any atom is 0.419 e. The first-order chi connectivity index (χ1) is 15.5. The van der Waals surface area contributed by atoms with Crippen molar-refractivity contribution in [3.8, 4) is 0 Å². The number of fused-ring (bicyclic) bond motifs is 3. The van der Waals surface area contributed by atoms with E-state index in [1.165, 1.54) is 38.5 Å². The van der Waals surface area contributed by atoms with Crippen molar-refractivity contribution in [1.82, 2.24) is 20.1 Å². The Kier molecular flexibility index (Phi) is 5.47. The van der Waals surface area contributed by atoms with E-state index < -0.39 is 17.6 Å². The number of allylic oxidation sites excluding steroid dienone is 2. The number of nitrogen functional groups attached to an aromatic ring is 1. The van der Waals surface area contributed by atoms with Gasteiger partial charge in [0.15, 0.2) is 0 Å². The number of rotatable bonds is 6. The van der Waals surface area contributed by atoms with Gasteiger partial charge in [0, 0.05) is 60.6 Å². The molecule has 1 aromatic heterocycles. The average molecular weight is 463 g/mol. The number of nitrogens with two attached hydrogens (primary N) is 1. The molecule has 9 heteroatoms. The zero-order valence-corrected chi connectivity index (χ0v) is 19.4. The molecule has 180 valence electrons. The highest BCUT2D eigenvalue weighted by atomic mass is 19.4. The average Bonchev–Trinajstić information content (AvgIpc) is 3.08. The van der Waals surface area contributed by atoms with Crippen molar-refractivity contribution in [2.75, 3.05) is 25.9 Å². The lowest BCUT2D eigenvalue weighted by Crippen LogP contribution is -2.48. The van der Waals surface area contributed by atoms with Crippen LogP contribution >= 0.6 is 0 Å². The SMILES string of the molecule is CC(C)N/C(=C\C(=N)c1cnc(N)c(C(F)(F)F)c1)[C@H]1[C@@H]2C[C@H](N3C[C@@H]4C[C@H]3CN4C)C[C@@H]21. The van der Waals surface area contributed by atoms with Crippen molar-refractivity contribution in [2.24, 2.45) is 17.8 Å². The molecule has 4 aliphatic rings. The molecular weight excluding hydrogens is 429 g/mol. The van der Waals surface area contributed by atoms with Crippen molar-refractivity contribution >= 4 is 11.5 Å². The van der Waals surface area contributed by atoms with E-state index >= 15 is 0 Å². The Labute approximate surface area is 192 Å². The van der Waals surface area contributed by atoms with Gasteiger partial charge in [-0.25, -0.2) is 4.98 Å². The monoisotopic (exact) mass is 462 g/mol. The van der Waals surface area contributed by atoms with E-state index in [0.717, 1.165) is 11.8 Å². The summed E-state index contributed by atoms with van der Waals surface area (Å²) in [5, 5.41) is 12.0. The number of anilines is 1. The zero-order valence-electron chi connectivity index (χ0n) is 19.4. The lowest BCUT2D eigenvalue weighted by Gasteiger charge is -2.37. The fourth-order valence-electron chi connectivity index (χ4n) is 6.54. The van der Waals surface area contributed by atoms with Crippen LogP contribution in [0.15, 0.2) is 24.0 Å². The van der Waals surface area contributed by atoms with Crippen molar-refractivity contribution in [1.29, 1.82) is 5.41 Å². The number of nitrogens with zero attached hydrogens (tertiary/aromatic N) is 3. The first kappa shape index (κ1) is 22.7. The highest BCUT2D eigenvalue weighted by molar-refractivity contribution is 6.07. The summed E-state index contributed by atoms with van der Waals surface area (Å²) in [6.45, 7) is 6.44. The van der Waals surface area contributed by atoms with Crippen LogP contribution < -0.4 is 11.1 Å². The van der Waals surface area contributed by atoms with E-state index in [1.807, 2.05) is 13.8 Å². The van der Waals surface area contributed by atoms with Gasteiger partial charge in [-0.3, -0.25) is 4.90 Å². The third-order valence-electron chi connectivity index (χ3n) is 8.10. The van der Waals surface area contributed by atoms with Crippen LogP contribution in [0.1, 0.15) is 44.2 Å². The molecule has 0 unspecified atom stereocenters. The second kappa shape index (κ2) is 7.98. The minimum atomic E-state index is -4.59. The number of likely N-dealkylation sites (tertiary alicyclic amines) is 2. The van der Waals surface area contributed by atoms with Crippen LogP contribution in [0, 0.1) is 23.2 Å². The van der Waals surface area contributed by atoms with Crippen LogP contribution in [0.5, 0.6) is 0 Å². The van der Waals surface area contributed by atoms with Crippen molar-refractivity contribution in [3.05, 3.63) is 35.2 Å². The van der Waals surface area contributed by atoms with Gasteiger partial charge in [-0.05, 0) is 64.1 Å². The van der Waals surface area contributed by atoms with Gasteiger partial charge in [0.25, 0.3) is 0 Å². The van der Waals surface area contributed by atoms with Crippen molar-refractivity contribution in [2.45, 2.75) is 63.5 Å². The highest BCUT2D eigenvalue weighted by Gasteiger charge is 2.60. The summed E-state index contributed by atoms with van der Waals surface area (Å²) in [6.07, 6.45) is 2.00. The molecule has 0 spiro atoms. The zero-order chi connectivity index (χ0) is 23.7. The molecule has 5 rings (SSSR count). The second-order valence-electron chi connectivity index (χ2n) is 10.6. The van der Waals surface area contributed by atoms with Crippen molar-refractivity contribution in [3.63, 3.8) is 0 Å². The molecule has 0 aromatic carbocycles. The van der Waals surface area contributed by atoms with E-state index in [1.54, 1.807) is 6.08 Å². The number of pyridine rings is 1. The fraction of sp³-hybridized carbons (Fsp3) is 0.667. The first-order valence-corrected chi connectivity index (χ1v) is 11.9. The summed E-state index contributed by atoms with van der Waals surface area (Å²) in [4.78, 5) is 8.90. The molecule has 33 heavy (non-hydrogen) atoms. The van der Waals surface area contributed by atoms with Crippen LogP contribution in [0.25, 0.3) is 0 Å². The largest absolute Gasteiger partial charge is 0.419 e. The molecule has 3 heterocycles. The molecule has 2 saturated heterocycles. The Balaban J connectivity index is 1.29. The Hall–Kier alpha value is -2.13. The van der Waals surface area contributed by atoms with Gasteiger partial charge in [-0.15, -0.1) is 0 Å². The summed E-state index contributed by atoms with van der Waals surface area (Å²) < 4.78 is 39.7. The summed E-state index contributed by atoms with van der Waals surface area (Å²) >= 11 is 0. The Morgan fingerprint density at radius 1 is 1.18 bits per heavy atom. The van der Waals surface area contributed by atoms with Gasteiger partial charge < -0.3 is 21.4 Å². The van der Waals surface area contributed by atoms with E-state index in [9.17, 15) is 13.2 Å². The topological polar surface area (TPSA) is 81.3 Å². The quantitative estimate of drug-likeness (QED) is 0.565. The minimum Gasteiger partial charge on any atom is -0.386 e. The Morgan fingerprint density at radius 2 is 1.88 bits per heavy atom. The summed E-state index contributed by atoms with van der Waals surface area (Å²) in [7, 11) is 2.22. The lowest BCUT2D eigenvalue weighted by molar-refractivity contribution is -0.137. The van der Waals surface area contributed by atoms with E-state index in [4.69, 9.17) is 11.1 Å². The predicted octanol–water partition coefficient (Wildman–Crippen LogP) is 3.35. The number of aromatic nitrogens is 1. The van der Waals surface area contributed by atoms with E-state index in [2.05, 4.69) is 27.1 Å². The molecule has 4 N–H and O–H groups in total. The van der Waals surface area contributed by atoms with Crippen LogP contribution in [-0.2, 0) is 6.18 Å². The smallest absolute Gasteiger partial charge is 0.386 e. The highest BCUT2D eigenvalue weighted by Crippen LogP contribution is 2.61. The van der Waals surface area contributed by atoms with Gasteiger partial charge in [0.05, 0.1) is 11.3 Å². The fourth-order valence-corrected chi connectivity index (χ4v) is 6.54. The summed E-state index contributed by atoms with van der Waals surface area (Å²) in [6, 6.07) is 3.16. The number of likely N-dealkylation sites (N-methyl/N-ethyl adjacent to an activating group) is 1. The predicted molar refractivity (Wildman–Crippen MR) is 122 cm³/mol. The van der Waals surface area contributed by atoms with Gasteiger partial charge >= 0.3 is 6.18 Å². The molecule has 6 nitrogen and oxygen atoms in total. The number of alkyl halides is 3. The molecule has 4 fully saturated rings. The Bertz CT molecular complexity index is 959. The molecule has 0 radical (unpaired) electrons. The molecular formula is C24H33F3N6. The number of hydrogen-bond donors (Lipinski definition) is 3. The molecule has 2 aliphatic heterocycles. The van der Waals surface area contributed by atoms with Gasteiger partial charge in [0.2, 0.25) is 0 Å². The molecule has 6 atom stereocenters. The molecule has 0 amide bonds. The molecule has 1 aromatic rings. The lowest BCUT2D eigenvalue weighted by atomic mass is 10.00. The molecule has 2 aliphatic carbocycles. The summed E-state index contributed by atoms with van der Waals surface area (Å²) in [5.41, 5.74) is 5.55.